The van der Waals surface area contributed by atoms with Crippen LogP contribution in [0.5, 0.6) is 0 Å². The van der Waals surface area contributed by atoms with Crippen LogP contribution in [0.2, 0.25) is 0 Å². The standard InChI is InChI=1S/C12H14F2N2O3S/c13-6-3-7(14)5-8(4-6)20(17,18)16-11-10(15)9-1-2-19-12(9)11/h3-5,9-12,16H,1-2,15H2. The van der Waals surface area contributed by atoms with E-state index in [1.807, 2.05) is 0 Å². The molecule has 1 saturated heterocycles. The quantitative estimate of drug-likeness (QED) is 0.845. The van der Waals surface area contributed by atoms with E-state index in [9.17, 15) is 17.2 Å². The van der Waals surface area contributed by atoms with Crippen molar-refractivity contribution in [2.24, 2.45) is 11.7 Å². The summed E-state index contributed by atoms with van der Waals surface area (Å²) in [7, 11) is -4.03. The molecule has 4 unspecified atom stereocenters. The fraction of sp³-hybridized carbons (Fsp3) is 0.500. The molecule has 3 rings (SSSR count). The number of fused-ring (bicyclic) bond motifs is 1. The Morgan fingerprint density at radius 3 is 2.55 bits per heavy atom. The molecule has 1 aromatic rings. The van der Waals surface area contributed by atoms with Crippen LogP contribution in [0.15, 0.2) is 23.1 Å². The number of hydrogen-bond acceptors (Lipinski definition) is 4. The summed E-state index contributed by atoms with van der Waals surface area (Å²) in [5.74, 6) is -1.75. The van der Waals surface area contributed by atoms with E-state index in [4.69, 9.17) is 10.5 Å². The zero-order chi connectivity index (χ0) is 14.5. The summed E-state index contributed by atoms with van der Waals surface area (Å²) in [4.78, 5) is -0.455. The lowest BCUT2D eigenvalue weighted by Crippen LogP contribution is -2.68. The molecule has 0 spiro atoms. The maximum absolute atomic E-state index is 13.1. The van der Waals surface area contributed by atoms with Crippen molar-refractivity contribution in [1.82, 2.24) is 4.72 Å². The second kappa shape index (κ2) is 4.73. The highest BCUT2D eigenvalue weighted by Gasteiger charge is 2.53. The molecule has 0 aromatic heterocycles. The van der Waals surface area contributed by atoms with Crippen molar-refractivity contribution < 1.29 is 21.9 Å². The molecule has 0 amide bonds. The van der Waals surface area contributed by atoms with Crippen LogP contribution < -0.4 is 10.5 Å². The molecular weight excluding hydrogens is 290 g/mol. The van der Waals surface area contributed by atoms with Gasteiger partial charge in [-0.05, 0) is 18.6 Å². The second-order valence-electron chi connectivity index (χ2n) is 5.12. The Hall–Kier alpha value is -1.09. The van der Waals surface area contributed by atoms with Gasteiger partial charge in [0.25, 0.3) is 0 Å². The molecule has 8 heteroatoms. The Morgan fingerprint density at radius 2 is 1.90 bits per heavy atom. The third-order valence-corrected chi connectivity index (χ3v) is 5.32. The van der Waals surface area contributed by atoms with Crippen molar-refractivity contribution in [3.8, 4) is 0 Å². The molecule has 2 aliphatic rings. The van der Waals surface area contributed by atoms with Crippen LogP contribution in [0.1, 0.15) is 6.42 Å². The molecule has 110 valence electrons. The third kappa shape index (κ3) is 2.22. The first-order valence-electron chi connectivity index (χ1n) is 6.24. The van der Waals surface area contributed by atoms with E-state index in [1.165, 1.54) is 0 Å². The van der Waals surface area contributed by atoms with Crippen molar-refractivity contribution in [1.29, 1.82) is 0 Å². The van der Waals surface area contributed by atoms with Crippen molar-refractivity contribution >= 4 is 10.0 Å². The molecule has 1 heterocycles. The molecule has 4 atom stereocenters. The van der Waals surface area contributed by atoms with Crippen molar-refractivity contribution in [3.05, 3.63) is 29.8 Å². The minimum absolute atomic E-state index is 0.145. The summed E-state index contributed by atoms with van der Waals surface area (Å²) in [5.41, 5.74) is 5.90. The Kier molecular flexibility index (Phi) is 3.28. The first kappa shape index (κ1) is 13.9. The van der Waals surface area contributed by atoms with Crippen LogP contribution in [0.4, 0.5) is 8.78 Å². The number of nitrogens with one attached hydrogen (secondary N) is 1. The summed E-state index contributed by atoms with van der Waals surface area (Å²) in [5, 5.41) is 0. The van der Waals surface area contributed by atoms with Gasteiger partial charge >= 0.3 is 0 Å². The van der Waals surface area contributed by atoms with Gasteiger partial charge in [0.1, 0.15) is 11.6 Å². The summed E-state index contributed by atoms with van der Waals surface area (Å²) >= 11 is 0. The molecule has 5 nitrogen and oxygen atoms in total. The number of rotatable bonds is 3. The lowest BCUT2D eigenvalue weighted by atomic mass is 9.73. The van der Waals surface area contributed by atoms with Gasteiger partial charge in [0.2, 0.25) is 10.0 Å². The van der Waals surface area contributed by atoms with Gasteiger partial charge < -0.3 is 10.5 Å². The van der Waals surface area contributed by atoms with E-state index in [2.05, 4.69) is 4.72 Å². The predicted octanol–water partition coefficient (Wildman–Crippen LogP) is 0.358. The summed E-state index contributed by atoms with van der Waals surface area (Å²) in [6.07, 6.45) is 0.553. The highest BCUT2D eigenvalue weighted by Crippen LogP contribution is 2.38. The normalized spacial score (nSPS) is 32.8. The fourth-order valence-electron chi connectivity index (χ4n) is 2.83. The van der Waals surface area contributed by atoms with Gasteiger partial charge in [0, 0.05) is 24.6 Å². The predicted molar refractivity (Wildman–Crippen MR) is 66.3 cm³/mol. The van der Waals surface area contributed by atoms with Gasteiger partial charge in [-0.15, -0.1) is 0 Å². The summed E-state index contributed by atoms with van der Waals surface area (Å²) in [6.45, 7) is 0.551. The lowest BCUT2D eigenvalue weighted by molar-refractivity contribution is -0.00924. The maximum Gasteiger partial charge on any atom is 0.241 e. The van der Waals surface area contributed by atoms with E-state index in [1.54, 1.807) is 0 Å². The van der Waals surface area contributed by atoms with Crippen molar-refractivity contribution in [2.75, 3.05) is 6.61 Å². The molecule has 0 radical (unpaired) electrons. The van der Waals surface area contributed by atoms with E-state index in [0.717, 1.165) is 18.6 Å². The van der Waals surface area contributed by atoms with Crippen LogP contribution in [-0.2, 0) is 14.8 Å². The highest BCUT2D eigenvalue weighted by molar-refractivity contribution is 7.89. The number of hydrogen-bond donors (Lipinski definition) is 2. The Balaban J connectivity index is 1.82. The lowest BCUT2D eigenvalue weighted by Gasteiger charge is -2.45. The smallest absolute Gasteiger partial charge is 0.241 e. The molecule has 1 saturated carbocycles. The van der Waals surface area contributed by atoms with Crippen LogP contribution >= 0.6 is 0 Å². The van der Waals surface area contributed by atoms with Crippen LogP contribution in [0, 0.1) is 17.6 Å². The van der Waals surface area contributed by atoms with E-state index in [-0.39, 0.29) is 18.1 Å². The number of halogens is 2. The number of benzene rings is 1. The Labute approximate surface area is 115 Å². The zero-order valence-corrected chi connectivity index (χ0v) is 11.2. The first-order chi connectivity index (χ1) is 9.38. The van der Waals surface area contributed by atoms with E-state index >= 15 is 0 Å². The largest absolute Gasteiger partial charge is 0.376 e. The Morgan fingerprint density at radius 1 is 1.25 bits per heavy atom. The third-order valence-electron chi connectivity index (χ3n) is 3.88. The minimum atomic E-state index is -4.03. The van der Waals surface area contributed by atoms with Crippen LogP contribution in [0.3, 0.4) is 0 Å². The van der Waals surface area contributed by atoms with Gasteiger partial charge in [-0.25, -0.2) is 21.9 Å². The molecule has 2 fully saturated rings. The van der Waals surface area contributed by atoms with Crippen molar-refractivity contribution in [2.45, 2.75) is 29.5 Å². The first-order valence-corrected chi connectivity index (χ1v) is 7.72. The van der Waals surface area contributed by atoms with Crippen LogP contribution in [0.25, 0.3) is 0 Å². The maximum atomic E-state index is 13.1. The minimum Gasteiger partial charge on any atom is -0.376 e. The monoisotopic (exact) mass is 304 g/mol. The average Bonchev–Trinajstić information content (AvgIpc) is 2.79. The molecule has 1 aliphatic heterocycles. The fourth-order valence-corrected chi connectivity index (χ4v) is 4.15. The van der Waals surface area contributed by atoms with Gasteiger partial charge in [-0.2, -0.15) is 0 Å². The summed E-state index contributed by atoms with van der Waals surface area (Å²) in [6, 6.07) is 1.25. The van der Waals surface area contributed by atoms with E-state index < -0.39 is 32.6 Å². The molecular formula is C12H14F2N2O3S. The average molecular weight is 304 g/mol. The molecule has 1 aliphatic carbocycles. The topological polar surface area (TPSA) is 81.4 Å². The number of ether oxygens (including phenoxy) is 1. The summed E-state index contributed by atoms with van der Waals surface area (Å²) < 4.78 is 58.2. The molecule has 1 aromatic carbocycles. The van der Waals surface area contributed by atoms with Gasteiger partial charge in [0.05, 0.1) is 17.0 Å². The highest BCUT2D eigenvalue weighted by atomic mass is 32.2. The van der Waals surface area contributed by atoms with Crippen molar-refractivity contribution in [3.63, 3.8) is 0 Å². The molecule has 3 N–H and O–H groups in total. The van der Waals surface area contributed by atoms with Crippen LogP contribution in [-0.4, -0.2) is 33.2 Å². The second-order valence-corrected chi connectivity index (χ2v) is 6.83. The van der Waals surface area contributed by atoms with Gasteiger partial charge in [0.15, 0.2) is 0 Å². The van der Waals surface area contributed by atoms with Gasteiger partial charge in [-0.1, -0.05) is 0 Å². The van der Waals surface area contributed by atoms with E-state index in [0.29, 0.717) is 12.7 Å². The number of nitrogens with two attached hydrogens (primary N) is 1. The SMILES string of the molecule is NC1C2CCOC2C1NS(=O)(=O)c1cc(F)cc(F)c1. The molecule has 0 bridgehead atoms. The van der Waals surface area contributed by atoms with Gasteiger partial charge in [-0.3, -0.25) is 0 Å². The Bertz CT molecular complexity index is 617. The molecule has 20 heavy (non-hydrogen) atoms. The number of sulfonamides is 1. The zero-order valence-electron chi connectivity index (χ0n) is 10.4.